The van der Waals surface area contributed by atoms with Crippen LogP contribution in [0, 0.1) is 0 Å². The van der Waals surface area contributed by atoms with Crippen molar-refractivity contribution in [3.05, 3.63) is 83.0 Å². The number of amides is 1. The van der Waals surface area contributed by atoms with Crippen molar-refractivity contribution in [3.63, 3.8) is 0 Å². The predicted octanol–water partition coefficient (Wildman–Crippen LogP) is 4.22. The summed E-state index contributed by atoms with van der Waals surface area (Å²) in [5.74, 6) is -0.180. The van der Waals surface area contributed by atoms with Crippen LogP contribution in [0.1, 0.15) is 18.1 Å². The molecule has 1 amide bonds. The van der Waals surface area contributed by atoms with E-state index in [0.29, 0.717) is 10.1 Å². The van der Waals surface area contributed by atoms with Gasteiger partial charge in [-0.1, -0.05) is 48.5 Å². The second kappa shape index (κ2) is 7.55. The topological polar surface area (TPSA) is 66.7 Å². The van der Waals surface area contributed by atoms with Crippen molar-refractivity contribution >= 4 is 45.4 Å². The summed E-state index contributed by atoms with van der Waals surface area (Å²) in [5, 5.41) is 14.1. The molecule has 1 saturated heterocycles. The van der Waals surface area contributed by atoms with Gasteiger partial charge in [0.15, 0.2) is 5.17 Å². The highest BCUT2D eigenvalue weighted by Crippen LogP contribution is 2.26. The molecule has 1 aromatic heterocycles. The molecule has 3 aromatic rings. The van der Waals surface area contributed by atoms with Gasteiger partial charge in [-0.25, -0.2) is 0 Å². The normalized spacial score (nSPS) is 17.7. The Morgan fingerprint density at radius 1 is 1.11 bits per heavy atom. The van der Waals surface area contributed by atoms with Gasteiger partial charge >= 0.3 is 0 Å². The van der Waals surface area contributed by atoms with E-state index in [-0.39, 0.29) is 5.91 Å². The Morgan fingerprint density at radius 2 is 1.96 bits per heavy atom. The Bertz CT molecular complexity index is 1100. The number of carbonyl (C=O) groups excluding carboxylic acids is 1. The summed E-state index contributed by atoms with van der Waals surface area (Å²) >= 11 is 1.27. The molecule has 5 nitrogen and oxygen atoms in total. The van der Waals surface area contributed by atoms with Crippen molar-refractivity contribution in [1.82, 2.24) is 10.3 Å². The van der Waals surface area contributed by atoms with E-state index in [2.05, 4.69) is 38.7 Å². The lowest BCUT2D eigenvalue weighted by molar-refractivity contribution is -0.115. The number of hydrogen-bond acceptors (Lipinski definition) is 5. The van der Waals surface area contributed by atoms with E-state index >= 15 is 0 Å². The van der Waals surface area contributed by atoms with Crippen LogP contribution in [-0.4, -0.2) is 21.8 Å². The number of nitrogens with one attached hydrogen (secondary N) is 1. The Labute approximate surface area is 160 Å². The summed E-state index contributed by atoms with van der Waals surface area (Å²) in [4.78, 5) is 16.7. The maximum absolute atomic E-state index is 12.1. The highest BCUT2D eigenvalue weighted by molar-refractivity contribution is 8.18. The number of rotatable bonds is 3. The van der Waals surface area contributed by atoms with Crippen LogP contribution in [0.15, 0.2) is 82.1 Å². The summed E-state index contributed by atoms with van der Waals surface area (Å²) in [6.07, 6.45) is 5.19. The van der Waals surface area contributed by atoms with Gasteiger partial charge in [0.1, 0.15) is 0 Å². The van der Waals surface area contributed by atoms with Crippen LogP contribution in [0.4, 0.5) is 0 Å². The average Bonchev–Trinajstić information content (AvgIpc) is 3.06. The minimum absolute atomic E-state index is 0.180. The van der Waals surface area contributed by atoms with Crippen molar-refractivity contribution < 1.29 is 4.79 Å². The van der Waals surface area contributed by atoms with E-state index in [9.17, 15) is 4.79 Å². The molecular weight excluding hydrogens is 356 g/mol. The molecule has 2 heterocycles. The van der Waals surface area contributed by atoms with Crippen LogP contribution in [0.25, 0.3) is 16.8 Å². The maximum Gasteiger partial charge on any atom is 0.264 e. The van der Waals surface area contributed by atoms with Gasteiger partial charge in [0.2, 0.25) is 0 Å². The van der Waals surface area contributed by atoms with Crippen molar-refractivity contribution in [2.75, 3.05) is 0 Å². The van der Waals surface area contributed by atoms with Gasteiger partial charge in [0.25, 0.3) is 5.91 Å². The first-order valence-electron chi connectivity index (χ1n) is 8.42. The van der Waals surface area contributed by atoms with Crippen molar-refractivity contribution in [1.29, 1.82) is 0 Å². The zero-order chi connectivity index (χ0) is 18.6. The fourth-order valence-corrected chi connectivity index (χ4v) is 3.58. The fourth-order valence-electron chi connectivity index (χ4n) is 2.80. The summed E-state index contributed by atoms with van der Waals surface area (Å²) in [6.45, 7) is 1.92. The monoisotopic (exact) mass is 372 g/mol. The molecule has 0 atom stereocenters. The number of nitrogens with zero attached hydrogens (tertiary/aromatic N) is 3. The summed E-state index contributed by atoms with van der Waals surface area (Å²) < 4.78 is 0. The van der Waals surface area contributed by atoms with Gasteiger partial charge in [0.05, 0.1) is 10.6 Å². The first-order chi connectivity index (χ1) is 13.2. The Hall–Kier alpha value is -3.25. The first kappa shape index (κ1) is 17.2. The third-order valence-corrected chi connectivity index (χ3v) is 5.00. The quantitative estimate of drug-likeness (QED) is 0.425. The molecule has 0 radical (unpaired) electrons. The standard InChI is InChI=1S/C21H16N4OS/c1-14(17-10-4-8-16-7-2-3-9-18(16)17)24-25-21-23-20(26)19(27-21)12-15-6-5-11-22-13-15/h2-13H,1H3,(H,23,25,26)/b19-12+,24-14-. The lowest BCUT2D eigenvalue weighted by Gasteiger charge is -2.04. The largest absolute Gasteiger partial charge is 0.299 e. The van der Waals surface area contributed by atoms with Gasteiger partial charge < -0.3 is 0 Å². The molecule has 0 aliphatic carbocycles. The van der Waals surface area contributed by atoms with Crippen LogP contribution in [0.2, 0.25) is 0 Å². The second-order valence-corrected chi connectivity index (χ2v) is 7.00. The van der Waals surface area contributed by atoms with Crippen LogP contribution in [0.5, 0.6) is 0 Å². The van der Waals surface area contributed by atoms with E-state index in [1.54, 1.807) is 18.5 Å². The van der Waals surface area contributed by atoms with Crippen molar-refractivity contribution in [3.8, 4) is 0 Å². The lowest BCUT2D eigenvalue weighted by Crippen LogP contribution is -2.19. The third-order valence-electron chi connectivity index (χ3n) is 4.10. The molecule has 0 unspecified atom stereocenters. The van der Waals surface area contributed by atoms with E-state index in [1.807, 2.05) is 43.3 Å². The highest BCUT2D eigenvalue weighted by atomic mass is 32.2. The Kier molecular flexibility index (Phi) is 4.80. The molecule has 1 fully saturated rings. The third kappa shape index (κ3) is 3.80. The molecule has 132 valence electrons. The van der Waals surface area contributed by atoms with Gasteiger partial charge in [-0.05, 0) is 47.2 Å². The van der Waals surface area contributed by atoms with E-state index in [0.717, 1.165) is 27.6 Å². The van der Waals surface area contributed by atoms with Crippen LogP contribution in [0.3, 0.4) is 0 Å². The number of fused-ring (bicyclic) bond motifs is 1. The van der Waals surface area contributed by atoms with Crippen molar-refractivity contribution in [2.24, 2.45) is 10.2 Å². The molecule has 4 rings (SSSR count). The van der Waals surface area contributed by atoms with Gasteiger partial charge in [-0.15, -0.1) is 5.10 Å². The van der Waals surface area contributed by atoms with Crippen LogP contribution in [-0.2, 0) is 4.79 Å². The minimum Gasteiger partial charge on any atom is -0.299 e. The van der Waals surface area contributed by atoms with E-state index in [4.69, 9.17) is 0 Å². The van der Waals surface area contributed by atoms with Gasteiger partial charge in [0, 0.05) is 18.0 Å². The number of thioether (sulfide) groups is 1. The molecule has 27 heavy (non-hydrogen) atoms. The molecular formula is C21H16N4OS. The summed E-state index contributed by atoms with van der Waals surface area (Å²) in [6, 6.07) is 18.0. The predicted molar refractivity (Wildman–Crippen MR) is 112 cm³/mol. The van der Waals surface area contributed by atoms with E-state index in [1.165, 1.54) is 11.8 Å². The second-order valence-electron chi connectivity index (χ2n) is 5.97. The molecule has 6 heteroatoms. The molecule has 1 aliphatic heterocycles. The number of amidine groups is 1. The molecule has 0 bridgehead atoms. The van der Waals surface area contributed by atoms with Crippen LogP contribution < -0.4 is 5.32 Å². The number of benzene rings is 2. The number of pyridine rings is 1. The Balaban J connectivity index is 1.59. The molecule has 1 N–H and O–H groups in total. The minimum atomic E-state index is -0.180. The van der Waals surface area contributed by atoms with Crippen LogP contribution >= 0.6 is 11.8 Å². The number of carbonyl (C=O) groups is 1. The zero-order valence-corrected chi connectivity index (χ0v) is 15.4. The average molecular weight is 372 g/mol. The van der Waals surface area contributed by atoms with E-state index < -0.39 is 0 Å². The van der Waals surface area contributed by atoms with Crippen molar-refractivity contribution in [2.45, 2.75) is 6.92 Å². The lowest BCUT2D eigenvalue weighted by atomic mass is 10.0. The summed E-state index contributed by atoms with van der Waals surface area (Å²) in [7, 11) is 0. The molecule has 1 aliphatic rings. The van der Waals surface area contributed by atoms with Gasteiger partial charge in [-0.2, -0.15) is 5.10 Å². The molecule has 2 aromatic carbocycles. The molecule has 0 spiro atoms. The smallest absolute Gasteiger partial charge is 0.264 e. The maximum atomic E-state index is 12.1. The number of hydrogen-bond donors (Lipinski definition) is 1. The highest BCUT2D eigenvalue weighted by Gasteiger charge is 2.23. The fraction of sp³-hybridized carbons (Fsp3) is 0.0476. The zero-order valence-electron chi connectivity index (χ0n) is 14.6. The SMILES string of the molecule is C/C(=N/N=C1\NC(=O)/C(=C\c2cccnc2)S1)c1cccc2ccccc12. The van der Waals surface area contributed by atoms with Gasteiger partial charge in [-0.3, -0.25) is 15.1 Å². The summed E-state index contributed by atoms with van der Waals surface area (Å²) in [5.41, 5.74) is 2.68. The first-order valence-corrected chi connectivity index (χ1v) is 9.24. The number of aromatic nitrogens is 1. The Morgan fingerprint density at radius 3 is 2.81 bits per heavy atom. The molecule has 0 saturated carbocycles.